The average molecular weight is 409 g/mol. The van der Waals surface area contributed by atoms with Gasteiger partial charge >= 0.3 is 0 Å². The largest absolute Gasteiger partial charge is 0.287 e. The summed E-state index contributed by atoms with van der Waals surface area (Å²) in [5.74, 6) is 5.77. The van der Waals surface area contributed by atoms with E-state index in [0.29, 0.717) is 21.3 Å². The number of anilines is 1. The maximum absolute atomic E-state index is 12.3. The van der Waals surface area contributed by atoms with E-state index < -0.39 is 16.1 Å². The van der Waals surface area contributed by atoms with E-state index in [2.05, 4.69) is 16.6 Å². The first-order valence-electron chi connectivity index (χ1n) is 7.58. The van der Waals surface area contributed by atoms with Gasteiger partial charge in [-0.3, -0.25) is 9.93 Å². The molecule has 0 aromatic heterocycles. The molecule has 0 fully saturated rings. The average Bonchev–Trinajstić information content (AvgIpc) is 2.60. The smallest absolute Gasteiger partial charge is 0.261 e. The van der Waals surface area contributed by atoms with E-state index in [4.69, 9.17) is 23.8 Å². The molecular formula is C18H17ClN2O3S2. The molecule has 2 N–H and O–H groups in total. The Kier molecular flexibility index (Phi) is 6.62. The van der Waals surface area contributed by atoms with Crippen LogP contribution >= 0.6 is 23.8 Å². The summed E-state index contributed by atoms with van der Waals surface area (Å²) >= 11 is 10.7. The third kappa shape index (κ3) is 5.44. The molecule has 0 heterocycles. The van der Waals surface area contributed by atoms with Gasteiger partial charge in [0.2, 0.25) is 0 Å². The van der Waals surface area contributed by atoms with Crippen LogP contribution in [0.4, 0.5) is 5.69 Å². The van der Waals surface area contributed by atoms with Gasteiger partial charge in [-0.15, -0.1) is 0 Å². The van der Waals surface area contributed by atoms with Crippen LogP contribution in [0.15, 0.2) is 53.4 Å². The number of halogens is 1. The minimum atomic E-state index is -3.69. The lowest BCUT2D eigenvalue weighted by Gasteiger charge is -2.17. The summed E-state index contributed by atoms with van der Waals surface area (Å²) in [6.45, 7) is 3.33. The van der Waals surface area contributed by atoms with E-state index in [0.717, 1.165) is 5.06 Å². The molecule has 1 atom stereocenters. The predicted octanol–water partition coefficient (Wildman–Crippen LogP) is 3.92. The molecule has 0 spiro atoms. The van der Waals surface area contributed by atoms with Gasteiger partial charge in [0, 0.05) is 16.3 Å². The fraction of sp³-hybridized carbons (Fsp3) is 0.167. The number of hydrogen-bond acceptors (Lipinski definition) is 4. The Morgan fingerprint density at radius 3 is 2.31 bits per heavy atom. The molecule has 136 valence electrons. The Hall–Kier alpha value is -2.11. The first-order chi connectivity index (χ1) is 12.2. The fourth-order valence-electron chi connectivity index (χ4n) is 1.97. The van der Waals surface area contributed by atoms with Crippen LogP contribution in [0.3, 0.4) is 0 Å². The summed E-state index contributed by atoms with van der Waals surface area (Å²) in [7, 11) is -3.69. The molecule has 0 aliphatic carbocycles. The molecule has 26 heavy (non-hydrogen) atoms. The lowest BCUT2D eigenvalue weighted by Crippen LogP contribution is -2.31. The normalized spacial score (nSPS) is 11.8. The molecule has 5 nitrogen and oxygen atoms in total. The second kappa shape index (κ2) is 8.52. The van der Waals surface area contributed by atoms with Crippen LogP contribution in [0, 0.1) is 11.8 Å². The Balaban J connectivity index is 2.10. The van der Waals surface area contributed by atoms with Gasteiger partial charge in [-0.05, 0) is 62.4 Å². The third-order valence-electron chi connectivity index (χ3n) is 3.38. The molecule has 0 radical (unpaired) electrons. The molecule has 0 aliphatic heterocycles. The molecule has 0 saturated heterocycles. The number of hydrogen-bond donors (Lipinski definition) is 2. The molecule has 0 aliphatic rings. The first kappa shape index (κ1) is 20.2. The molecule has 0 saturated carbocycles. The Morgan fingerprint density at radius 1 is 1.19 bits per heavy atom. The maximum Gasteiger partial charge on any atom is 0.261 e. The Labute approximate surface area is 163 Å². The maximum atomic E-state index is 12.3. The van der Waals surface area contributed by atoms with Crippen molar-refractivity contribution in [3.8, 4) is 11.8 Å². The van der Waals surface area contributed by atoms with Gasteiger partial charge in [0.05, 0.1) is 4.90 Å². The monoisotopic (exact) mass is 408 g/mol. The first-order valence-corrected chi connectivity index (χ1v) is 9.84. The van der Waals surface area contributed by atoms with Gasteiger partial charge in [0.1, 0.15) is 11.0 Å². The molecule has 2 aromatic rings. The van der Waals surface area contributed by atoms with Crippen LogP contribution in [0.1, 0.15) is 19.4 Å². The molecule has 1 unspecified atom stereocenters. The molecule has 0 amide bonds. The Morgan fingerprint density at radius 2 is 1.77 bits per heavy atom. The van der Waals surface area contributed by atoms with Crippen LogP contribution in [0.25, 0.3) is 0 Å². The van der Waals surface area contributed by atoms with Crippen LogP contribution in [-0.2, 0) is 10.0 Å². The van der Waals surface area contributed by atoms with E-state index >= 15 is 0 Å². The second-order valence-electron chi connectivity index (χ2n) is 5.45. The highest BCUT2D eigenvalue weighted by atomic mass is 35.5. The van der Waals surface area contributed by atoms with Crippen molar-refractivity contribution >= 4 is 44.5 Å². The summed E-state index contributed by atoms with van der Waals surface area (Å²) in [5.41, 5.74) is 1.10. The zero-order chi connectivity index (χ0) is 19.3. The lowest BCUT2D eigenvalue weighted by atomic mass is 10.2. The van der Waals surface area contributed by atoms with Crippen molar-refractivity contribution < 1.29 is 13.6 Å². The number of rotatable bonds is 4. The number of thiocarbonyl (C=S) groups is 1. The number of hydroxylamine groups is 2. The molecule has 2 aromatic carbocycles. The number of nitrogens with zero attached hydrogens (tertiary/aromatic N) is 1. The standard InChI is InChI=1S/C18H17ClN2O3S2/c1-13(21(22)14(2)25)3-4-15-5-9-17(10-6-15)20-26(23,24)18-11-7-16(19)8-12-18/h5-13,20,22H,1-2H3. The molecular weight excluding hydrogens is 392 g/mol. The minimum absolute atomic E-state index is 0.123. The van der Waals surface area contributed by atoms with Crippen LogP contribution in [-0.4, -0.2) is 29.7 Å². The van der Waals surface area contributed by atoms with Crippen molar-refractivity contribution in [2.75, 3.05) is 4.72 Å². The van der Waals surface area contributed by atoms with E-state index in [-0.39, 0.29) is 4.90 Å². The van der Waals surface area contributed by atoms with Crippen LogP contribution in [0.5, 0.6) is 0 Å². The number of sulfonamides is 1. The predicted molar refractivity (Wildman–Crippen MR) is 107 cm³/mol. The fourth-order valence-corrected chi connectivity index (χ4v) is 3.31. The molecule has 0 bridgehead atoms. The van der Waals surface area contributed by atoms with E-state index in [1.54, 1.807) is 38.1 Å². The van der Waals surface area contributed by atoms with Crippen molar-refractivity contribution in [3.63, 3.8) is 0 Å². The van der Waals surface area contributed by atoms with Gasteiger partial charge in [0.15, 0.2) is 0 Å². The van der Waals surface area contributed by atoms with E-state index in [1.807, 2.05) is 0 Å². The summed E-state index contributed by atoms with van der Waals surface area (Å²) < 4.78 is 27.1. The number of nitrogens with one attached hydrogen (secondary N) is 1. The van der Waals surface area contributed by atoms with Gasteiger partial charge in [-0.25, -0.2) is 13.5 Å². The summed E-state index contributed by atoms with van der Waals surface area (Å²) in [6, 6.07) is 12.1. The second-order valence-corrected chi connectivity index (χ2v) is 8.16. The SMILES string of the molecule is CC(=S)N(O)C(C)C#Cc1ccc(NS(=O)(=O)c2ccc(Cl)cc2)cc1. The van der Waals surface area contributed by atoms with Crippen molar-refractivity contribution in [1.29, 1.82) is 0 Å². The lowest BCUT2D eigenvalue weighted by molar-refractivity contribution is -0.0279. The number of benzene rings is 2. The van der Waals surface area contributed by atoms with E-state index in [9.17, 15) is 13.6 Å². The zero-order valence-corrected chi connectivity index (χ0v) is 16.5. The zero-order valence-electron chi connectivity index (χ0n) is 14.1. The molecule has 2 rings (SSSR count). The van der Waals surface area contributed by atoms with Gasteiger partial charge < -0.3 is 0 Å². The van der Waals surface area contributed by atoms with E-state index in [1.165, 1.54) is 24.3 Å². The van der Waals surface area contributed by atoms with Gasteiger partial charge in [-0.2, -0.15) is 0 Å². The third-order valence-corrected chi connectivity index (χ3v) is 5.21. The Bertz CT molecular complexity index is 947. The highest BCUT2D eigenvalue weighted by Crippen LogP contribution is 2.18. The topological polar surface area (TPSA) is 69.6 Å². The quantitative estimate of drug-likeness (QED) is 0.456. The summed E-state index contributed by atoms with van der Waals surface area (Å²) in [6.07, 6.45) is 0. The summed E-state index contributed by atoms with van der Waals surface area (Å²) in [5, 5.41) is 11.1. The highest BCUT2D eigenvalue weighted by Gasteiger charge is 2.13. The van der Waals surface area contributed by atoms with Crippen molar-refractivity contribution in [1.82, 2.24) is 5.06 Å². The minimum Gasteiger partial charge on any atom is -0.287 e. The van der Waals surface area contributed by atoms with Crippen molar-refractivity contribution in [3.05, 3.63) is 59.1 Å². The van der Waals surface area contributed by atoms with Crippen molar-refractivity contribution in [2.24, 2.45) is 0 Å². The highest BCUT2D eigenvalue weighted by molar-refractivity contribution is 7.92. The van der Waals surface area contributed by atoms with Crippen LogP contribution in [0.2, 0.25) is 5.02 Å². The van der Waals surface area contributed by atoms with Gasteiger partial charge in [-0.1, -0.05) is 35.7 Å². The van der Waals surface area contributed by atoms with Gasteiger partial charge in [0.25, 0.3) is 10.0 Å². The van der Waals surface area contributed by atoms with Crippen molar-refractivity contribution in [2.45, 2.75) is 24.8 Å². The van der Waals surface area contributed by atoms with Crippen LogP contribution < -0.4 is 4.72 Å². The summed E-state index contributed by atoms with van der Waals surface area (Å²) in [4.78, 5) is 0.455. The molecule has 8 heteroatoms.